The van der Waals surface area contributed by atoms with E-state index in [0.717, 1.165) is 25.0 Å². The first kappa shape index (κ1) is 30.9. The van der Waals surface area contributed by atoms with Crippen molar-refractivity contribution in [3.05, 3.63) is 59.2 Å². The number of halogens is 3. The third-order valence-corrected chi connectivity index (χ3v) is 7.37. The highest BCUT2D eigenvalue weighted by Crippen LogP contribution is 2.32. The molecule has 2 aromatic carbocycles. The summed E-state index contributed by atoms with van der Waals surface area (Å²) < 4.78 is 62.5. The zero-order valence-electron chi connectivity index (χ0n) is 21.8. The van der Waals surface area contributed by atoms with E-state index in [9.17, 15) is 36.0 Å². The first-order chi connectivity index (χ1) is 18.8. The minimum absolute atomic E-state index is 0.132. The SMILES string of the molecule is CCCNc1ccc(C(F)(F)F)cc1C(=O)NCC(=O)N[C@@H]1CCCC[C@@H]1NC(=O)c1ccc(S(N)(=O)=O)cc1. The van der Waals surface area contributed by atoms with Crippen molar-refractivity contribution in [3.63, 3.8) is 0 Å². The molecule has 2 aromatic rings. The molecular weight excluding hydrogens is 551 g/mol. The average molecular weight is 584 g/mol. The van der Waals surface area contributed by atoms with Crippen LogP contribution in [0, 0.1) is 0 Å². The molecule has 0 radical (unpaired) electrons. The Morgan fingerprint density at radius 1 is 0.950 bits per heavy atom. The molecule has 1 fully saturated rings. The molecule has 3 rings (SSSR count). The molecule has 1 aliphatic rings. The van der Waals surface area contributed by atoms with Crippen LogP contribution in [0.4, 0.5) is 18.9 Å². The maximum atomic E-state index is 13.2. The van der Waals surface area contributed by atoms with Crippen molar-refractivity contribution in [1.82, 2.24) is 16.0 Å². The van der Waals surface area contributed by atoms with Crippen LogP contribution in [0.15, 0.2) is 47.4 Å². The number of nitrogens with one attached hydrogen (secondary N) is 4. The summed E-state index contributed by atoms with van der Waals surface area (Å²) in [7, 11) is -3.90. The molecule has 14 heteroatoms. The lowest BCUT2D eigenvalue weighted by atomic mass is 9.90. The summed E-state index contributed by atoms with van der Waals surface area (Å²) in [4.78, 5) is 38.0. The number of sulfonamides is 1. The van der Waals surface area contributed by atoms with E-state index in [1.807, 2.05) is 6.92 Å². The smallest absolute Gasteiger partial charge is 0.384 e. The van der Waals surface area contributed by atoms with Crippen LogP contribution < -0.4 is 26.4 Å². The predicted molar refractivity (Wildman–Crippen MR) is 142 cm³/mol. The molecule has 0 saturated heterocycles. The van der Waals surface area contributed by atoms with Crippen LogP contribution in [0.25, 0.3) is 0 Å². The van der Waals surface area contributed by atoms with Gasteiger partial charge in [-0.25, -0.2) is 13.6 Å². The Labute approximate surface area is 230 Å². The van der Waals surface area contributed by atoms with Gasteiger partial charge in [0.15, 0.2) is 0 Å². The Hall–Kier alpha value is -3.65. The van der Waals surface area contributed by atoms with Crippen molar-refractivity contribution in [1.29, 1.82) is 0 Å². The van der Waals surface area contributed by atoms with Gasteiger partial charge in [-0.05, 0) is 61.7 Å². The van der Waals surface area contributed by atoms with Crippen molar-refractivity contribution in [2.24, 2.45) is 5.14 Å². The fourth-order valence-corrected chi connectivity index (χ4v) is 4.88. The van der Waals surface area contributed by atoms with Crippen LogP contribution in [0.2, 0.25) is 0 Å². The summed E-state index contributed by atoms with van der Waals surface area (Å²) in [6, 6.07) is 7.05. The van der Waals surface area contributed by atoms with E-state index in [-0.39, 0.29) is 21.7 Å². The summed E-state index contributed by atoms with van der Waals surface area (Å²) in [5.41, 5.74) is -0.777. The fraction of sp³-hybridized carbons (Fsp3) is 0.423. The molecule has 0 unspecified atom stereocenters. The predicted octanol–water partition coefficient (Wildman–Crippen LogP) is 2.76. The summed E-state index contributed by atoms with van der Waals surface area (Å²) in [6.45, 7) is 1.83. The summed E-state index contributed by atoms with van der Waals surface area (Å²) in [6.07, 6.45) is -1.21. The highest BCUT2D eigenvalue weighted by Gasteiger charge is 2.32. The number of benzene rings is 2. The first-order valence-corrected chi connectivity index (χ1v) is 14.3. The Balaban J connectivity index is 1.62. The largest absolute Gasteiger partial charge is 0.416 e. The number of carbonyl (C=O) groups excluding carboxylic acids is 3. The zero-order chi connectivity index (χ0) is 29.5. The quantitative estimate of drug-likeness (QED) is 0.289. The number of anilines is 1. The lowest BCUT2D eigenvalue weighted by molar-refractivity contribution is -0.137. The van der Waals surface area contributed by atoms with Crippen LogP contribution in [0.5, 0.6) is 0 Å². The highest BCUT2D eigenvalue weighted by molar-refractivity contribution is 7.89. The van der Waals surface area contributed by atoms with Gasteiger partial charge in [-0.15, -0.1) is 0 Å². The van der Waals surface area contributed by atoms with Gasteiger partial charge in [0, 0.05) is 29.9 Å². The topological polar surface area (TPSA) is 159 Å². The van der Waals surface area contributed by atoms with Gasteiger partial charge in [0.1, 0.15) is 0 Å². The van der Waals surface area contributed by atoms with Crippen molar-refractivity contribution in [2.75, 3.05) is 18.4 Å². The molecule has 0 bridgehead atoms. The van der Waals surface area contributed by atoms with E-state index in [2.05, 4.69) is 21.3 Å². The number of hydrogen-bond donors (Lipinski definition) is 5. The Bertz CT molecular complexity index is 1330. The Kier molecular flexibility index (Phi) is 10.1. The lowest BCUT2D eigenvalue weighted by Gasteiger charge is -2.33. The number of amides is 3. The second-order valence-corrected chi connectivity index (χ2v) is 11.0. The molecule has 0 aliphatic heterocycles. The second-order valence-electron chi connectivity index (χ2n) is 9.48. The molecular formula is C26H32F3N5O5S. The van der Waals surface area contributed by atoms with Crippen molar-refractivity contribution in [2.45, 2.75) is 62.2 Å². The van der Waals surface area contributed by atoms with Crippen molar-refractivity contribution >= 4 is 33.4 Å². The number of nitrogens with two attached hydrogens (primary N) is 1. The van der Waals surface area contributed by atoms with Gasteiger partial charge in [-0.2, -0.15) is 13.2 Å². The third-order valence-electron chi connectivity index (χ3n) is 6.44. The van der Waals surface area contributed by atoms with Gasteiger partial charge >= 0.3 is 6.18 Å². The third kappa shape index (κ3) is 8.42. The normalized spacial score (nSPS) is 17.5. The van der Waals surface area contributed by atoms with E-state index in [1.54, 1.807) is 0 Å². The molecule has 0 aromatic heterocycles. The maximum Gasteiger partial charge on any atom is 0.416 e. The first-order valence-electron chi connectivity index (χ1n) is 12.8. The van der Waals surface area contributed by atoms with Gasteiger partial charge in [0.05, 0.1) is 22.6 Å². The standard InChI is InChI=1S/C26H32F3N5O5S/c1-2-13-31-20-12-9-17(26(27,28)29)14-19(20)25(37)32-15-23(35)33-21-5-3-4-6-22(21)34-24(36)16-7-10-18(11-8-16)40(30,38)39/h7-12,14,21-22,31H,2-6,13,15H2,1H3,(H,32,37)(H,33,35)(H,34,36)(H2,30,38,39)/t21-,22+/m1/s1. The summed E-state index contributed by atoms with van der Waals surface area (Å²) in [5.74, 6) is -1.86. The number of alkyl halides is 3. The summed E-state index contributed by atoms with van der Waals surface area (Å²) >= 11 is 0. The van der Waals surface area contributed by atoms with Gasteiger partial charge in [0.2, 0.25) is 15.9 Å². The minimum atomic E-state index is -4.64. The van der Waals surface area contributed by atoms with Gasteiger partial charge in [0.25, 0.3) is 11.8 Å². The van der Waals surface area contributed by atoms with Crippen LogP contribution in [0.1, 0.15) is 65.3 Å². The van der Waals surface area contributed by atoms with E-state index >= 15 is 0 Å². The van der Waals surface area contributed by atoms with Crippen molar-refractivity contribution in [3.8, 4) is 0 Å². The van der Waals surface area contributed by atoms with Crippen LogP contribution >= 0.6 is 0 Å². The molecule has 0 spiro atoms. The molecule has 10 nitrogen and oxygen atoms in total. The number of carbonyl (C=O) groups is 3. The average Bonchev–Trinajstić information content (AvgIpc) is 2.90. The van der Waals surface area contributed by atoms with E-state index < -0.39 is 58.1 Å². The van der Waals surface area contributed by atoms with Crippen molar-refractivity contribution < 1.29 is 36.0 Å². The second kappa shape index (κ2) is 13.1. The molecule has 6 N–H and O–H groups in total. The number of primary sulfonamides is 1. The van der Waals surface area contributed by atoms with E-state index in [4.69, 9.17) is 5.14 Å². The van der Waals surface area contributed by atoms with Gasteiger partial charge in [-0.1, -0.05) is 19.8 Å². The van der Waals surface area contributed by atoms with E-state index in [0.29, 0.717) is 25.8 Å². The molecule has 3 amide bonds. The Morgan fingerprint density at radius 2 is 1.57 bits per heavy atom. The van der Waals surface area contributed by atoms with Crippen LogP contribution in [0.3, 0.4) is 0 Å². The minimum Gasteiger partial charge on any atom is -0.384 e. The van der Waals surface area contributed by atoms with Gasteiger partial charge in [-0.3, -0.25) is 14.4 Å². The number of hydrogen-bond acceptors (Lipinski definition) is 6. The van der Waals surface area contributed by atoms with Crippen LogP contribution in [-0.4, -0.2) is 51.3 Å². The Morgan fingerprint density at radius 3 is 2.15 bits per heavy atom. The fourth-order valence-electron chi connectivity index (χ4n) is 4.36. The summed E-state index contributed by atoms with van der Waals surface area (Å²) in [5, 5.41) is 16.0. The molecule has 40 heavy (non-hydrogen) atoms. The lowest BCUT2D eigenvalue weighted by Crippen LogP contribution is -2.54. The van der Waals surface area contributed by atoms with E-state index in [1.165, 1.54) is 30.3 Å². The molecule has 218 valence electrons. The number of rotatable bonds is 10. The molecule has 1 saturated carbocycles. The van der Waals surface area contributed by atoms with Crippen LogP contribution in [-0.2, 0) is 21.0 Å². The maximum absolute atomic E-state index is 13.2. The monoisotopic (exact) mass is 583 g/mol. The zero-order valence-corrected chi connectivity index (χ0v) is 22.6. The molecule has 2 atom stereocenters. The molecule has 0 heterocycles. The van der Waals surface area contributed by atoms with Gasteiger partial charge < -0.3 is 21.3 Å². The molecule has 1 aliphatic carbocycles. The highest BCUT2D eigenvalue weighted by atomic mass is 32.2.